The number of hydrogen-bond donors (Lipinski definition) is 1. The van der Waals surface area contributed by atoms with Gasteiger partial charge in [0.05, 0.1) is 11.6 Å². The van der Waals surface area contributed by atoms with E-state index in [1.54, 1.807) is 0 Å². The number of rotatable bonds is 5. The number of pyridine rings is 1. The van der Waals surface area contributed by atoms with Gasteiger partial charge in [0.25, 0.3) is 0 Å². The number of hydrogen-bond acceptors (Lipinski definition) is 4. The second-order valence-corrected chi connectivity index (χ2v) is 5.06. The van der Waals surface area contributed by atoms with Crippen LogP contribution in [0.3, 0.4) is 0 Å². The summed E-state index contributed by atoms with van der Waals surface area (Å²) in [5, 5.41) is 3.43. The Morgan fingerprint density at radius 2 is 2.21 bits per heavy atom. The van der Waals surface area contributed by atoms with Crippen LogP contribution in [0.1, 0.15) is 36.9 Å². The number of aryl methyl sites for hydroxylation is 1. The Kier molecular flexibility index (Phi) is 4.91. The molecule has 1 fully saturated rings. The molecule has 19 heavy (non-hydrogen) atoms. The van der Waals surface area contributed by atoms with Crippen molar-refractivity contribution >= 4 is 0 Å². The van der Waals surface area contributed by atoms with Gasteiger partial charge in [0, 0.05) is 45.1 Å². The Hall–Kier alpha value is -0.970. The van der Waals surface area contributed by atoms with Gasteiger partial charge in [-0.15, -0.1) is 0 Å². The van der Waals surface area contributed by atoms with E-state index in [1.807, 2.05) is 19.4 Å². The molecule has 2 heterocycles. The van der Waals surface area contributed by atoms with Gasteiger partial charge in [0.2, 0.25) is 0 Å². The van der Waals surface area contributed by atoms with Crippen LogP contribution in [-0.4, -0.2) is 37.5 Å². The number of aromatic nitrogens is 1. The van der Waals surface area contributed by atoms with Crippen molar-refractivity contribution in [3.05, 3.63) is 29.6 Å². The van der Waals surface area contributed by atoms with Crippen molar-refractivity contribution in [2.24, 2.45) is 0 Å². The summed E-state index contributed by atoms with van der Waals surface area (Å²) in [4.78, 5) is 4.27. The van der Waals surface area contributed by atoms with Crippen molar-refractivity contribution in [2.75, 3.05) is 26.9 Å². The lowest BCUT2D eigenvalue weighted by Crippen LogP contribution is -2.49. The lowest BCUT2D eigenvalue weighted by Gasteiger charge is -2.43. The van der Waals surface area contributed by atoms with Gasteiger partial charge in [-0.05, 0) is 38.1 Å². The molecule has 0 aliphatic carbocycles. The summed E-state index contributed by atoms with van der Waals surface area (Å²) in [6, 6.07) is 2.21. The average molecular weight is 264 g/mol. The molecular formula is C15H24N2O2. The zero-order valence-electron chi connectivity index (χ0n) is 12.1. The molecule has 1 aliphatic rings. The van der Waals surface area contributed by atoms with Crippen LogP contribution in [0.2, 0.25) is 0 Å². The number of ether oxygens (including phenoxy) is 2. The Morgan fingerprint density at radius 3 is 2.79 bits per heavy atom. The van der Waals surface area contributed by atoms with Crippen LogP contribution >= 0.6 is 0 Å². The number of nitrogens with zero attached hydrogens (tertiary/aromatic N) is 1. The van der Waals surface area contributed by atoms with Crippen LogP contribution in [0.15, 0.2) is 18.5 Å². The predicted octanol–water partition coefficient (Wildman–Crippen LogP) is 2.24. The molecule has 4 heteroatoms. The summed E-state index contributed by atoms with van der Waals surface area (Å²) in [6.45, 7) is 6.42. The minimum atomic E-state index is -0.185. The SMILES string of the molecule is CCOC1(C(NC)c2cnccc2C)CCOCC1. The Morgan fingerprint density at radius 1 is 1.47 bits per heavy atom. The van der Waals surface area contributed by atoms with Crippen molar-refractivity contribution in [3.8, 4) is 0 Å². The first-order valence-corrected chi connectivity index (χ1v) is 7.03. The van der Waals surface area contributed by atoms with Crippen LogP contribution in [-0.2, 0) is 9.47 Å². The van der Waals surface area contributed by atoms with Gasteiger partial charge >= 0.3 is 0 Å². The van der Waals surface area contributed by atoms with Gasteiger partial charge in [-0.1, -0.05) is 0 Å². The van der Waals surface area contributed by atoms with Crippen LogP contribution in [0.4, 0.5) is 0 Å². The van der Waals surface area contributed by atoms with Gasteiger partial charge in [-0.25, -0.2) is 0 Å². The zero-order chi connectivity index (χ0) is 13.7. The molecule has 0 radical (unpaired) electrons. The minimum absolute atomic E-state index is 0.157. The molecule has 0 bridgehead atoms. The van der Waals surface area contributed by atoms with Crippen molar-refractivity contribution in [1.29, 1.82) is 0 Å². The molecule has 0 aromatic carbocycles. The third-order valence-corrected chi connectivity index (χ3v) is 3.98. The molecule has 1 aromatic rings. The summed E-state index contributed by atoms with van der Waals surface area (Å²) in [5.74, 6) is 0. The zero-order valence-corrected chi connectivity index (χ0v) is 12.1. The minimum Gasteiger partial charge on any atom is -0.381 e. The second-order valence-electron chi connectivity index (χ2n) is 5.06. The highest BCUT2D eigenvalue weighted by atomic mass is 16.5. The number of nitrogens with one attached hydrogen (secondary N) is 1. The third-order valence-electron chi connectivity index (χ3n) is 3.98. The van der Waals surface area contributed by atoms with Crippen molar-refractivity contribution in [1.82, 2.24) is 10.3 Å². The molecule has 1 unspecified atom stereocenters. The lowest BCUT2D eigenvalue weighted by atomic mass is 9.81. The van der Waals surface area contributed by atoms with Gasteiger partial charge in [-0.3, -0.25) is 4.98 Å². The molecule has 1 saturated heterocycles. The fraction of sp³-hybridized carbons (Fsp3) is 0.667. The van der Waals surface area contributed by atoms with E-state index in [9.17, 15) is 0 Å². The Labute approximate surface area is 115 Å². The first-order chi connectivity index (χ1) is 9.23. The maximum atomic E-state index is 6.16. The van der Waals surface area contributed by atoms with Crippen LogP contribution < -0.4 is 5.32 Å². The van der Waals surface area contributed by atoms with Crippen LogP contribution in [0.25, 0.3) is 0 Å². The predicted molar refractivity (Wildman–Crippen MR) is 75.2 cm³/mol. The molecule has 2 rings (SSSR count). The Bertz CT molecular complexity index is 397. The van der Waals surface area contributed by atoms with E-state index < -0.39 is 0 Å². The molecule has 1 aromatic heterocycles. The van der Waals surface area contributed by atoms with Crippen LogP contribution in [0, 0.1) is 6.92 Å². The monoisotopic (exact) mass is 264 g/mol. The second kappa shape index (κ2) is 6.46. The average Bonchev–Trinajstić information content (AvgIpc) is 2.43. The fourth-order valence-corrected chi connectivity index (χ4v) is 3.00. The third kappa shape index (κ3) is 2.96. The summed E-state index contributed by atoms with van der Waals surface area (Å²) >= 11 is 0. The summed E-state index contributed by atoms with van der Waals surface area (Å²) in [7, 11) is 1.99. The van der Waals surface area contributed by atoms with Gasteiger partial charge in [-0.2, -0.15) is 0 Å². The first kappa shape index (κ1) is 14.4. The summed E-state index contributed by atoms with van der Waals surface area (Å²) in [6.07, 6.45) is 5.62. The molecule has 4 nitrogen and oxygen atoms in total. The van der Waals surface area contributed by atoms with Crippen LogP contribution in [0.5, 0.6) is 0 Å². The molecule has 1 aliphatic heterocycles. The largest absolute Gasteiger partial charge is 0.381 e. The van der Waals surface area contributed by atoms with E-state index in [2.05, 4.69) is 30.2 Å². The highest BCUT2D eigenvalue weighted by Crippen LogP contribution is 2.38. The maximum absolute atomic E-state index is 6.16. The normalized spacial score (nSPS) is 20.2. The molecule has 1 atom stereocenters. The lowest BCUT2D eigenvalue weighted by molar-refractivity contribution is -0.127. The number of likely N-dealkylation sites (N-methyl/N-ethyl adjacent to an activating group) is 1. The van der Waals surface area contributed by atoms with Gasteiger partial charge in [0.15, 0.2) is 0 Å². The maximum Gasteiger partial charge on any atom is 0.0920 e. The summed E-state index contributed by atoms with van der Waals surface area (Å²) < 4.78 is 11.7. The van der Waals surface area contributed by atoms with E-state index in [0.717, 1.165) is 32.7 Å². The van der Waals surface area contributed by atoms with E-state index in [4.69, 9.17) is 9.47 Å². The first-order valence-electron chi connectivity index (χ1n) is 7.03. The smallest absolute Gasteiger partial charge is 0.0920 e. The van der Waals surface area contributed by atoms with E-state index in [0.29, 0.717) is 0 Å². The molecule has 106 valence electrons. The Balaban J connectivity index is 2.34. The summed E-state index contributed by atoms with van der Waals surface area (Å²) in [5.41, 5.74) is 2.29. The van der Waals surface area contributed by atoms with Crippen molar-refractivity contribution in [2.45, 2.75) is 38.3 Å². The quantitative estimate of drug-likeness (QED) is 0.885. The molecule has 0 spiro atoms. The van der Waals surface area contributed by atoms with E-state index in [1.165, 1.54) is 11.1 Å². The van der Waals surface area contributed by atoms with Crippen molar-refractivity contribution < 1.29 is 9.47 Å². The molecular weight excluding hydrogens is 240 g/mol. The topological polar surface area (TPSA) is 43.4 Å². The van der Waals surface area contributed by atoms with Gasteiger partial charge < -0.3 is 14.8 Å². The van der Waals surface area contributed by atoms with E-state index >= 15 is 0 Å². The van der Waals surface area contributed by atoms with Gasteiger partial charge in [0.1, 0.15) is 0 Å². The standard InChI is InChI=1S/C15H24N2O2/c1-4-19-15(6-9-18-10-7-15)14(16-3)13-11-17-8-5-12(13)2/h5,8,11,14,16H,4,6-7,9-10H2,1-3H3. The molecule has 0 amide bonds. The van der Waals surface area contributed by atoms with Crippen molar-refractivity contribution in [3.63, 3.8) is 0 Å². The molecule has 1 N–H and O–H groups in total. The van der Waals surface area contributed by atoms with E-state index in [-0.39, 0.29) is 11.6 Å². The highest BCUT2D eigenvalue weighted by Gasteiger charge is 2.41. The molecule has 0 saturated carbocycles. The fourth-order valence-electron chi connectivity index (χ4n) is 3.00. The highest BCUT2D eigenvalue weighted by molar-refractivity contribution is 5.28.